The second kappa shape index (κ2) is 9.38. The second-order valence-electron chi connectivity index (χ2n) is 8.34. The van der Waals surface area contributed by atoms with Gasteiger partial charge in [0.15, 0.2) is 0 Å². The number of aryl methyl sites for hydroxylation is 3. The zero-order valence-corrected chi connectivity index (χ0v) is 17.8. The van der Waals surface area contributed by atoms with E-state index in [1.807, 2.05) is 0 Å². The van der Waals surface area contributed by atoms with Crippen molar-refractivity contribution >= 4 is 5.91 Å². The molecule has 1 aliphatic rings. The molecule has 1 amide bonds. The molecule has 28 heavy (non-hydrogen) atoms. The first kappa shape index (κ1) is 20.6. The first-order chi connectivity index (χ1) is 13.4. The third-order valence-corrected chi connectivity index (χ3v) is 6.10. The van der Waals surface area contributed by atoms with Crippen LogP contribution in [0.3, 0.4) is 0 Å². The average Bonchev–Trinajstić information content (AvgIpc) is 2.65. The van der Waals surface area contributed by atoms with Crippen LogP contribution in [0.1, 0.15) is 47.6 Å². The Hall–Kier alpha value is -2.13. The number of hydrogen-bond donors (Lipinski definition) is 1. The maximum absolute atomic E-state index is 12.3. The molecule has 1 saturated heterocycles. The minimum atomic E-state index is 0.193. The van der Waals surface area contributed by atoms with E-state index in [1.54, 1.807) is 6.92 Å². The van der Waals surface area contributed by atoms with Crippen LogP contribution < -0.4 is 5.32 Å². The molecule has 1 N–H and O–H groups in total. The van der Waals surface area contributed by atoms with Gasteiger partial charge in [-0.05, 0) is 75.3 Å². The highest BCUT2D eigenvalue weighted by molar-refractivity contribution is 5.73. The standard InChI is InChI=1S/C25H34N2O/c1-18-7-5-8-23(15-18)17-25-24(9-6-14-27(25)21(4)28)26-13-12-22-11-10-19(2)20(3)16-22/h5,7-8,10-11,15-16,24-26H,6,9,12-14,17H2,1-4H3/t24-,25-/m0/s1. The summed E-state index contributed by atoms with van der Waals surface area (Å²) in [6.07, 6.45) is 4.15. The van der Waals surface area contributed by atoms with E-state index >= 15 is 0 Å². The Kier molecular flexibility index (Phi) is 6.90. The Morgan fingerprint density at radius 2 is 1.89 bits per heavy atom. The predicted molar refractivity (Wildman–Crippen MR) is 117 cm³/mol. The maximum atomic E-state index is 12.3. The van der Waals surface area contributed by atoms with E-state index in [0.717, 1.165) is 38.8 Å². The number of benzene rings is 2. The van der Waals surface area contributed by atoms with E-state index in [1.165, 1.54) is 27.8 Å². The topological polar surface area (TPSA) is 32.3 Å². The zero-order valence-electron chi connectivity index (χ0n) is 17.8. The number of carbonyl (C=O) groups is 1. The molecule has 0 unspecified atom stereocenters. The Morgan fingerprint density at radius 1 is 1.07 bits per heavy atom. The van der Waals surface area contributed by atoms with Crippen LogP contribution in [0.25, 0.3) is 0 Å². The van der Waals surface area contributed by atoms with Crippen LogP contribution >= 0.6 is 0 Å². The van der Waals surface area contributed by atoms with Gasteiger partial charge >= 0.3 is 0 Å². The molecule has 3 nitrogen and oxygen atoms in total. The molecule has 0 aromatic heterocycles. The van der Waals surface area contributed by atoms with E-state index in [-0.39, 0.29) is 11.9 Å². The number of hydrogen-bond acceptors (Lipinski definition) is 2. The fourth-order valence-corrected chi connectivity index (χ4v) is 4.38. The van der Waals surface area contributed by atoms with Gasteiger partial charge < -0.3 is 10.2 Å². The largest absolute Gasteiger partial charge is 0.338 e. The highest BCUT2D eigenvalue weighted by Gasteiger charge is 2.32. The molecular formula is C25H34N2O. The van der Waals surface area contributed by atoms with Gasteiger partial charge in [-0.1, -0.05) is 48.0 Å². The van der Waals surface area contributed by atoms with Crippen molar-refractivity contribution in [3.63, 3.8) is 0 Å². The molecule has 3 heteroatoms. The first-order valence-corrected chi connectivity index (χ1v) is 10.6. The molecule has 3 rings (SSSR count). The van der Waals surface area contributed by atoms with Crippen LogP contribution in [0.5, 0.6) is 0 Å². The summed E-state index contributed by atoms with van der Waals surface area (Å²) in [5.74, 6) is 0.193. The monoisotopic (exact) mass is 378 g/mol. The van der Waals surface area contributed by atoms with Crippen LogP contribution in [0.2, 0.25) is 0 Å². The highest BCUT2D eigenvalue weighted by Crippen LogP contribution is 2.22. The predicted octanol–water partition coefficient (Wildman–Crippen LogP) is 4.37. The van der Waals surface area contributed by atoms with Gasteiger partial charge in [0.1, 0.15) is 0 Å². The Labute approximate surface area is 170 Å². The zero-order chi connectivity index (χ0) is 20.1. The summed E-state index contributed by atoms with van der Waals surface area (Å²) in [4.78, 5) is 14.4. The number of nitrogens with one attached hydrogen (secondary N) is 1. The SMILES string of the molecule is CC(=O)N1CCC[C@H](NCCc2ccc(C)c(C)c2)[C@@H]1Cc1cccc(C)c1. The van der Waals surface area contributed by atoms with Crippen molar-refractivity contribution in [2.45, 2.75) is 65.5 Å². The van der Waals surface area contributed by atoms with Crippen LogP contribution in [-0.4, -0.2) is 36.0 Å². The van der Waals surface area contributed by atoms with Gasteiger partial charge in [-0.25, -0.2) is 0 Å². The number of rotatable bonds is 6. The lowest BCUT2D eigenvalue weighted by molar-refractivity contribution is -0.133. The fraction of sp³-hybridized carbons (Fsp3) is 0.480. The molecular weight excluding hydrogens is 344 g/mol. The van der Waals surface area contributed by atoms with Gasteiger partial charge in [-0.15, -0.1) is 0 Å². The van der Waals surface area contributed by atoms with Crippen molar-refractivity contribution in [3.05, 3.63) is 70.3 Å². The molecule has 0 radical (unpaired) electrons. The molecule has 1 fully saturated rings. The summed E-state index contributed by atoms with van der Waals surface area (Å²) >= 11 is 0. The van der Waals surface area contributed by atoms with Crippen molar-refractivity contribution in [3.8, 4) is 0 Å². The van der Waals surface area contributed by atoms with Crippen molar-refractivity contribution in [2.75, 3.05) is 13.1 Å². The molecule has 2 aromatic carbocycles. The summed E-state index contributed by atoms with van der Waals surface area (Å²) < 4.78 is 0. The molecule has 0 aliphatic carbocycles. The summed E-state index contributed by atoms with van der Waals surface area (Å²) in [6.45, 7) is 10.00. The Morgan fingerprint density at radius 3 is 2.61 bits per heavy atom. The van der Waals surface area contributed by atoms with Crippen LogP contribution in [0.15, 0.2) is 42.5 Å². The number of amides is 1. The minimum Gasteiger partial charge on any atom is -0.338 e. The number of piperidine rings is 1. The van der Waals surface area contributed by atoms with Gasteiger partial charge in [-0.2, -0.15) is 0 Å². The van der Waals surface area contributed by atoms with Crippen LogP contribution in [0, 0.1) is 20.8 Å². The first-order valence-electron chi connectivity index (χ1n) is 10.6. The Bertz CT molecular complexity index is 814. The molecule has 0 saturated carbocycles. The maximum Gasteiger partial charge on any atom is 0.219 e. The molecule has 1 heterocycles. The lowest BCUT2D eigenvalue weighted by atomic mass is 9.90. The van der Waals surface area contributed by atoms with Crippen molar-refractivity contribution in [2.24, 2.45) is 0 Å². The lowest BCUT2D eigenvalue weighted by Gasteiger charge is -2.41. The van der Waals surface area contributed by atoms with E-state index in [9.17, 15) is 4.79 Å². The molecule has 1 aliphatic heterocycles. The van der Waals surface area contributed by atoms with E-state index < -0.39 is 0 Å². The summed E-state index contributed by atoms with van der Waals surface area (Å²) in [5, 5.41) is 3.78. The van der Waals surface area contributed by atoms with Crippen molar-refractivity contribution in [1.29, 1.82) is 0 Å². The van der Waals surface area contributed by atoms with E-state index in [2.05, 4.69) is 73.5 Å². The van der Waals surface area contributed by atoms with Crippen LogP contribution in [0.4, 0.5) is 0 Å². The molecule has 150 valence electrons. The van der Waals surface area contributed by atoms with Gasteiger partial charge in [0, 0.05) is 19.5 Å². The summed E-state index contributed by atoms with van der Waals surface area (Å²) in [6, 6.07) is 16.0. The van der Waals surface area contributed by atoms with Gasteiger partial charge in [0.05, 0.1) is 6.04 Å². The van der Waals surface area contributed by atoms with Crippen molar-refractivity contribution in [1.82, 2.24) is 10.2 Å². The normalized spacial score (nSPS) is 19.6. The quantitative estimate of drug-likeness (QED) is 0.810. The smallest absolute Gasteiger partial charge is 0.219 e. The van der Waals surface area contributed by atoms with Crippen molar-refractivity contribution < 1.29 is 4.79 Å². The number of nitrogens with zero attached hydrogens (tertiary/aromatic N) is 1. The third-order valence-electron chi connectivity index (χ3n) is 6.10. The summed E-state index contributed by atoms with van der Waals surface area (Å²) in [7, 11) is 0. The van der Waals surface area contributed by atoms with E-state index in [0.29, 0.717) is 6.04 Å². The number of carbonyl (C=O) groups excluding carboxylic acids is 1. The van der Waals surface area contributed by atoms with Gasteiger partial charge in [-0.3, -0.25) is 4.79 Å². The summed E-state index contributed by atoms with van der Waals surface area (Å²) in [5.41, 5.74) is 6.68. The third kappa shape index (κ3) is 5.23. The number of likely N-dealkylation sites (tertiary alicyclic amines) is 1. The van der Waals surface area contributed by atoms with Gasteiger partial charge in [0.2, 0.25) is 5.91 Å². The lowest BCUT2D eigenvalue weighted by Crippen LogP contribution is -2.56. The molecule has 2 aromatic rings. The molecule has 0 bridgehead atoms. The van der Waals surface area contributed by atoms with E-state index in [4.69, 9.17) is 0 Å². The minimum absolute atomic E-state index is 0.193. The van der Waals surface area contributed by atoms with Crippen LogP contribution in [-0.2, 0) is 17.6 Å². The molecule has 2 atom stereocenters. The Balaban J connectivity index is 1.67. The van der Waals surface area contributed by atoms with Gasteiger partial charge in [0.25, 0.3) is 0 Å². The second-order valence-corrected chi connectivity index (χ2v) is 8.34. The highest BCUT2D eigenvalue weighted by atomic mass is 16.2. The fourth-order valence-electron chi connectivity index (χ4n) is 4.38. The average molecular weight is 379 g/mol. The molecule has 0 spiro atoms.